The standard InChI is InChI=1S/C17H24N2O3/c1-3-10-22-15-5-4-14(11-16(15)21-2)17(20)19-8-6-13(12-18)7-9-19/h3-5,11,13H,1,6-10,12,18H2,2H3. The zero-order valence-electron chi connectivity index (χ0n) is 13.1. The summed E-state index contributed by atoms with van der Waals surface area (Å²) < 4.78 is 10.8. The van der Waals surface area contributed by atoms with Crippen molar-refractivity contribution in [2.24, 2.45) is 11.7 Å². The number of ether oxygens (including phenoxy) is 2. The summed E-state index contributed by atoms with van der Waals surface area (Å²) >= 11 is 0. The third-order valence-corrected chi connectivity index (χ3v) is 4.00. The minimum atomic E-state index is 0.0315. The van der Waals surface area contributed by atoms with Crippen molar-refractivity contribution >= 4 is 5.91 Å². The molecule has 1 saturated heterocycles. The van der Waals surface area contributed by atoms with Gasteiger partial charge in [-0.05, 0) is 43.5 Å². The summed E-state index contributed by atoms with van der Waals surface area (Å²) in [6.45, 7) is 6.24. The predicted octanol–water partition coefficient (Wildman–Crippen LogP) is 2.07. The van der Waals surface area contributed by atoms with Crippen LogP contribution in [0.25, 0.3) is 0 Å². The Kier molecular flexibility index (Phi) is 5.83. The molecule has 0 atom stereocenters. The molecule has 1 aromatic rings. The Morgan fingerprint density at radius 1 is 1.41 bits per heavy atom. The summed E-state index contributed by atoms with van der Waals surface area (Å²) in [6.07, 6.45) is 3.61. The van der Waals surface area contributed by atoms with Crippen molar-refractivity contribution in [2.45, 2.75) is 12.8 Å². The van der Waals surface area contributed by atoms with Crippen LogP contribution < -0.4 is 15.2 Å². The first-order valence-corrected chi connectivity index (χ1v) is 7.60. The first-order valence-electron chi connectivity index (χ1n) is 7.60. The first-order chi connectivity index (χ1) is 10.7. The van der Waals surface area contributed by atoms with E-state index >= 15 is 0 Å². The normalized spacial score (nSPS) is 15.5. The van der Waals surface area contributed by atoms with E-state index in [0.29, 0.717) is 36.1 Å². The maximum Gasteiger partial charge on any atom is 0.253 e. The fraction of sp³-hybridized carbons (Fsp3) is 0.471. The highest BCUT2D eigenvalue weighted by Gasteiger charge is 2.23. The number of benzene rings is 1. The van der Waals surface area contributed by atoms with Crippen molar-refractivity contribution in [3.63, 3.8) is 0 Å². The molecule has 2 N–H and O–H groups in total. The fourth-order valence-electron chi connectivity index (χ4n) is 2.62. The van der Waals surface area contributed by atoms with Crippen molar-refractivity contribution in [1.82, 2.24) is 4.90 Å². The topological polar surface area (TPSA) is 64.8 Å². The van der Waals surface area contributed by atoms with Crippen molar-refractivity contribution in [1.29, 1.82) is 0 Å². The molecule has 1 heterocycles. The second kappa shape index (κ2) is 7.84. The van der Waals surface area contributed by atoms with Gasteiger partial charge < -0.3 is 20.1 Å². The molecule has 0 bridgehead atoms. The number of piperidine rings is 1. The van der Waals surface area contributed by atoms with Gasteiger partial charge in [-0.2, -0.15) is 0 Å². The van der Waals surface area contributed by atoms with Crippen LogP contribution in [-0.2, 0) is 0 Å². The molecular formula is C17H24N2O3. The molecule has 5 heteroatoms. The van der Waals surface area contributed by atoms with Gasteiger partial charge in [-0.15, -0.1) is 0 Å². The van der Waals surface area contributed by atoms with Crippen molar-refractivity contribution in [3.05, 3.63) is 36.4 Å². The number of hydrogen-bond donors (Lipinski definition) is 1. The molecule has 1 amide bonds. The summed E-state index contributed by atoms with van der Waals surface area (Å²) in [5, 5.41) is 0. The molecule has 22 heavy (non-hydrogen) atoms. The molecule has 0 spiro atoms. The summed E-state index contributed by atoms with van der Waals surface area (Å²) in [5.41, 5.74) is 6.31. The van der Waals surface area contributed by atoms with Crippen molar-refractivity contribution < 1.29 is 14.3 Å². The number of carbonyl (C=O) groups excluding carboxylic acids is 1. The largest absolute Gasteiger partial charge is 0.493 e. The minimum absolute atomic E-state index is 0.0315. The minimum Gasteiger partial charge on any atom is -0.493 e. The Morgan fingerprint density at radius 2 is 2.14 bits per heavy atom. The number of likely N-dealkylation sites (tertiary alicyclic amines) is 1. The van der Waals surface area contributed by atoms with Gasteiger partial charge in [0.05, 0.1) is 7.11 Å². The Balaban J connectivity index is 2.08. The summed E-state index contributed by atoms with van der Waals surface area (Å²) in [5.74, 6) is 1.74. The van der Waals surface area contributed by atoms with Crippen LogP contribution >= 0.6 is 0 Å². The number of amides is 1. The quantitative estimate of drug-likeness (QED) is 0.817. The lowest BCUT2D eigenvalue weighted by Crippen LogP contribution is -2.40. The lowest BCUT2D eigenvalue weighted by molar-refractivity contribution is 0.0693. The van der Waals surface area contributed by atoms with E-state index in [-0.39, 0.29) is 5.91 Å². The van der Waals surface area contributed by atoms with Gasteiger partial charge in [-0.3, -0.25) is 4.79 Å². The van der Waals surface area contributed by atoms with Crippen LogP contribution in [0.4, 0.5) is 0 Å². The molecule has 2 rings (SSSR count). The average molecular weight is 304 g/mol. The first kappa shape index (κ1) is 16.4. The van der Waals surface area contributed by atoms with Gasteiger partial charge in [-0.25, -0.2) is 0 Å². The maximum atomic E-state index is 12.6. The molecule has 120 valence electrons. The lowest BCUT2D eigenvalue weighted by Gasteiger charge is -2.31. The van der Waals surface area contributed by atoms with Crippen molar-refractivity contribution in [3.8, 4) is 11.5 Å². The van der Waals surface area contributed by atoms with E-state index in [1.807, 2.05) is 4.90 Å². The Bertz CT molecular complexity index is 523. The zero-order chi connectivity index (χ0) is 15.9. The lowest BCUT2D eigenvalue weighted by atomic mass is 9.96. The highest BCUT2D eigenvalue weighted by molar-refractivity contribution is 5.95. The van der Waals surface area contributed by atoms with Crippen LogP contribution in [0.3, 0.4) is 0 Å². The molecule has 0 saturated carbocycles. The number of rotatable bonds is 6. The van der Waals surface area contributed by atoms with Gasteiger partial charge in [-0.1, -0.05) is 12.7 Å². The molecular weight excluding hydrogens is 280 g/mol. The van der Waals surface area contributed by atoms with E-state index in [9.17, 15) is 4.79 Å². The van der Waals surface area contributed by atoms with E-state index < -0.39 is 0 Å². The molecule has 5 nitrogen and oxygen atoms in total. The van der Waals surface area contributed by atoms with Gasteiger partial charge in [0, 0.05) is 18.7 Å². The second-order valence-electron chi connectivity index (χ2n) is 5.44. The van der Waals surface area contributed by atoms with Crippen molar-refractivity contribution in [2.75, 3.05) is 33.4 Å². The summed E-state index contributed by atoms with van der Waals surface area (Å²) in [4.78, 5) is 14.5. The van der Waals surface area contributed by atoms with Crippen LogP contribution in [-0.4, -0.2) is 44.2 Å². The van der Waals surface area contributed by atoms with Gasteiger partial charge >= 0.3 is 0 Å². The van der Waals surface area contributed by atoms with Crippen LogP contribution in [0.5, 0.6) is 11.5 Å². The molecule has 0 aliphatic carbocycles. The van der Waals surface area contributed by atoms with Gasteiger partial charge in [0.1, 0.15) is 6.61 Å². The Hall–Kier alpha value is -2.01. The smallest absolute Gasteiger partial charge is 0.253 e. The van der Waals surface area contributed by atoms with Crippen LogP contribution in [0, 0.1) is 5.92 Å². The Labute approximate surface area is 131 Å². The monoisotopic (exact) mass is 304 g/mol. The highest BCUT2D eigenvalue weighted by atomic mass is 16.5. The third kappa shape index (κ3) is 3.80. The van der Waals surface area contributed by atoms with Gasteiger partial charge in [0.2, 0.25) is 0 Å². The molecule has 0 radical (unpaired) electrons. The summed E-state index contributed by atoms with van der Waals surface area (Å²) in [7, 11) is 1.57. The number of nitrogens with two attached hydrogens (primary N) is 1. The molecule has 1 aliphatic rings. The van der Waals surface area contributed by atoms with Crippen LogP contribution in [0.15, 0.2) is 30.9 Å². The molecule has 1 aromatic carbocycles. The zero-order valence-corrected chi connectivity index (χ0v) is 13.1. The third-order valence-electron chi connectivity index (χ3n) is 4.00. The van der Waals surface area contributed by atoms with E-state index in [1.54, 1.807) is 31.4 Å². The molecule has 1 aliphatic heterocycles. The summed E-state index contributed by atoms with van der Waals surface area (Å²) in [6, 6.07) is 5.27. The average Bonchev–Trinajstić information content (AvgIpc) is 2.59. The van der Waals surface area contributed by atoms with E-state index in [0.717, 1.165) is 25.9 Å². The van der Waals surface area contributed by atoms with Gasteiger partial charge in [0.25, 0.3) is 5.91 Å². The number of nitrogens with zero attached hydrogens (tertiary/aromatic N) is 1. The molecule has 0 unspecified atom stereocenters. The molecule has 1 fully saturated rings. The Morgan fingerprint density at radius 3 is 2.73 bits per heavy atom. The SMILES string of the molecule is C=CCOc1ccc(C(=O)N2CCC(CN)CC2)cc1OC. The van der Waals surface area contributed by atoms with E-state index in [4.69, 9.17) is 15.2 Å². The number of methoxy groups -OCH3 is 1. The van der Waals surface area contributed by atoms with Crippen LogP contribution in [0.2, 0.25) is 0 Å². The fourth-order valence-corrected chi connectivity index (χ4v) is 2.62. The van der Waals surface area contributed by atoms with E-state index in [2.05, 4.69) is 6.58 Å². The number of carbonyl (C=O) groups is 1. The molecule has 0 aromatic heterocycles. The number of hydrogen-bond acceptors (Lipinski definition) is 4. The second-order valence-corrected chi connectivity index (χ2v) is 5.44. The van der Waals surface area contributed by atoms with Gasteiger partial charge in [0.15, 0.2) is 11.5 Å². The van der Waals surface area contributed by atoms with Crippen LogP contribution in [0.1, 0.15) is 23.2 Å². The predicted molar refractivity (Wildman–Crippen MR) is 86.4 cm³/mol. The maximum absolute atomic E-state index is 12.6. The highest BCUT2D eigenvalue weighted by Crippen LogP contribution is 2.29. The van der Waals surface area contributed by atoms with E-state index in [1.165, 1.54) is 0 Å².